The highest BCUT2D eigenvalue weighted by Gasteiger charge is 2.30. The highest BCUT2D eigenvalue weighted by Crippen LogP contribution is 2.32. The molecule has 0 saturated heterocycles. The van der Waals surface area contributed by atoms with Gasteiger partial charge in [0.15, 0.2) is 0 Å². The van der Waals surface area contributed by atoms with Crippen LogP contribution in [0.2, 0.25) is 0 Å². The van der Waals surface area contributed by atoms with Gasteiger partial charge in [-0.25, -0.2) is 4.98 Å². The number of hydrogen-bond donors (Lipinski definition) is 0. The monoisotopic (exact) mass is 305 g/mol. The molecule has 2 heterocycles. The lowest BCUT2D eigenvalue weighted by atomic mass is 10.1. The summed E-state index contributed by atoms with van der Waals surface area (Å²) in [6.45, 7) is 0.0300. The average Bonchev–Trinajstić information content (AvgIpc) is 2.90. The molecule has 0 amide bonds. The Hall–Kier alpha value is -2.70. The maximum atomic E-state index is 12.8. The van der Waals surface area contributed by atoms with E-state index in [0.717, 1.165) is 12.1 Å². The number of alkyl halides is 3. The van der Waals surface area contributed by atoms with Crippen LogP contribution < -0.4 is 0 Å². The van der Waals surface area contributed by atoms with E-state index in [2.05, 4.69) is 10.2 Å². The van der Waals surface area contributed by atoms with Crippen molar-refractivity contribution in [2.75, 3.05) is 0 Å². The number of halogens is 3. The van der Waals surface area contributed by atoms with Gasteiger partial charge in [0.1, 0.15) is 12.2 Å². The second kappa shape index (κ2) is 5.25. The van der Waals surface area contributed by atoms with E-state index in [1.54, 1.807) is 28.8 Å². The minimum absolute atomic E-state index is 0.0300. The Kier molecular flexibility index (Phi) is 3.40. The molecule has 0 N–H and O–H groups in total. The zero-order valence-electron chi connectivity index (χ0n) is 11.2. The molecule has 0 unspecified atom stereocenters. The topological polar surface area (TPSA) is 46.7 Å². The smallest absolute Gasteiger partial charge is 0.300 e. The third-order valence-electron chi connectivity index (χ3n) is 3.31. The van der Waals surface area contributed by atoms with Crippen LogP contribution in [0.5, 0.6) is 0 Å². The summed E-state index contributed by atoms with van der Waals surface area (Å²) in [7, 11) is 0. The predicted octanol–water partition coefficient (Wildman–Crippen LogP) is 4.29. The first-order chi connectivity index (χ1) is 10.5. The zero-order valence-corrected chi connectivity index (χ0v) is 11.2. The normalized spacial score (nSPS) is 11.8. The second-order valence-electron chi connectivity index (χ2n) is 4.77. The van der Waals surface area contributed by atoms with E-state index in [4.69, 9.17) is 0 Å². The maximum absolute atomic E-state index is 12.8. The van der Waals surface area contributed by atoms with Crippen LogP contribution in [-0.4, -0.2) is 9.38 Å². The van der Waals surface area contributed by atoms with Gasteiger partial charge in [-0.15, -0.1) is 0 Å². The number of imidazole rings is 1. The molecule has 0 aliphatic heterocycles. The summed E-state index contributed by atoms with van der Waals surface area (Å²) in [5.41, 5.74) is 1.51. The lowest BCUT2D eigenvalue weighted by molar-refractivity contribution is -0.137. The maximum Gasteiger partial charge on any atom is 0.416 e. The van der Waals surface area contributed by atoms with E-state index >= 15 is 0 Å². The molecule has 0 radical (unpaired) electrons. The summed E-state index contributed by atoms with van der Waals surface area (Å²) in [5.74, 6) is 0. The van der Waals surface area contributed by atoms with Crippen molar-refractivity contribution in [1.29, 1.82) is 0 Å². The number of nitrogens with zero attached hydrogens (tertiary/aromatic N) is 3. The van der Waals surface area contributed by atoms with E-state index in [-0.39, 0.29) is 6.54 Å². The average molecular weight is 305 g/mol. The van der Waals surface area contributed by atoms with Crippen LogP contribution in [-0.2, 0) is 12.7 Å². The number of hydrogen-bond acceptors (Lipinski definition) is 3. The van der Waals surface area contributed by atoms with Gasteiger partial charge in [-0.05, 0) is 29.8 Å². The van der Waals surface area contributed by atoms with Crippen molar-refractivity contribution >= 4 is 5.65 Å². The molecule has 22 heavy (non-hydrogen) atoms. The summed E-state index contributed by atoms with van der Waals surface area (Å²) in [4.78, 5) is 14.5. The first-order valence-electron chi connectivity index (χ1n) is 6.42. The predicted molar refractivity (Wildman–Crippen MR) is 75.1 cm³/mol. The number of benzene rings is 1. The molecule has 0 aliphatic carbocycles. The van der Waals surface area contributed by atoms with Crippen LogP contribution in [0, 0.1) is 4.91 Å². The molecule has 0 fully saturated rings. The van der Waals surface area contributed by atoms with Gasteiger partial charge in [-0.1, -0.05) is 17.3 Å². The first-order valence-corrected chi connectivity index (χ1v) is 6.42. The molecule has 4 nitrogen and oxygen atoms in total. The Morgan fingerprint density at radius 3 is 2.73 bits per heavy atom. The molecule has 3 aromatic rings. The number of pyridine rings is 1. The summed E-state index contributed by atoms with van der Waals surface area (Å²) in [6, 6.07) is 8.44. The van der Waals surface area contributed by atoms with Gasteiger partial charge in [0.2, 0.25) is 0 Å². The third-order valence-corrected chi connectivity index (χ3v) is 3.31. The van der Waals surface area contributed by atoms with Crippen LogP contribution in [0.3, 0.4) is 0 Å². The fourth-order valence-corrected chi connectivity index (χ4v) is 2.26. The van der Waals surface area contributed by atoms with Crippen molar-refractivity contribution in [3.63, 3.8) is 0 Å². The van der Waals surface area contributed by atoms with Gasteiger partial charge in [-0.3, -0.25) is 4.40 Å². The SMILES string of the molecule is O=NCc1ccn2c(-c3cccc(C(F)(F)F)c3)cnc2c1. The molecular formula is C15H10F3N3O. The van der Waals surface area contributed by atoms with E-state index in [1.807, 2.05) is 0 Å². The lowest BCUT2D eigenvalue weighted by Crippen LogP contribution is -2.04. The largest absolute Gasteiger partial charge is 0.416 e. The molecule has 0 spiro atoms. The lowest BCUT2D eigenvalue weighted by Gasteiger charge is -2.08. The van der Waals surface area contributed by atoms with Crippen molar-refractivity contribution in [2.24, 2.45) is 5.18 Å². The molecule has 0 atom stereocenters. The summed E-state index contributed by atoms with van der Waals surface area (Å²) >= 11 is 0. The van der Waals surface area contributed by atoms with Crippen LogP contribution in [0.4, 0.5) is 13.2 Å². The minimum Gasteiger partial charge on any atom is -0.300 e. The molecule has 7 heteroatoms. The molecule has 0 bridgehead atoms. The number of nitroso groups, excluding NO2 is 1. The first kappa shape index (κ1) is 14.2. The molecule has 0 aliphatic rings. The fourth-order valence-electron chi connectivity index (χ4n) is 2.26. The Morgan fingerprint density at radius 1 is 1.18 bits per heavy atom. The molecule has 112 valence electrons. The van der Waals surface area contributed by atoms with Gasteiger partial charge in [-0.2, -0.15) is 18.1 Å². The quantitative estimate of drug-likeness (QED) is 0.678. The van der Waals surface area contributed by atoms with Gasteiger partial charge in [0, 0.05) is 11.8 Å². The van der Waals surface area contributed by atoms with Crippen LogP contribution in [0.25, 0.3) is 16.9 Å². The molecule has 2 aromatic heterocycles. The summed E-state index contributed by atoms with van der Waals surface area (Å²) in [5, 5.41) is 2.80. The Morgan fingerprint density at radius 2 is 2.00 bits per heavy atom. The molecular weight excluding hydrogens is 295 g/mol. The van der Waals surface area contributed by atoms with E-state index in [1.165, 1.54) is 12.3 Å². The highest BCUT2D eigenvalue weighted by atomic mass is 19.4. The van der Waals surface area contributed by atoms with E-state index < -0.39 is 11.7 Å². The highest BCUT2D eigenvalue weighted by molar-refractivity contribution is 5.64. The second-order valence-corrected chi connectivity index (χ2v) is 4.77. The van der Waals surface area contributed by atoms with E-state index in [0.29, 0.717) is 22.5 Å². The standard InChI is InChI=1S/C15H10F3N3O/c16-15(17,18)12-3-1-2-11(7-12)13-9-19-14-6-10(8-20-22)4-5-21(13)14/h1-7,9H,8H2. The van der Waals surface area contributed by atoms with E-state index in [9.17, 15) is 18.1 Å². The molecule has 0 saturated carbocycles. The zero-order chi connectivity index (χ0) is 15.7. The van der Waals surface area contributed by atoms with Crippen molar-refractivity contribution < 1.29 is 13.2 Å². The summed E-state index contributed by atoms with van der Waals surface area (Å²) < 4.78 is 40.1. The number of aromatic nitrogens is 2. The Labute approximate surface area is 123 Å². The fraction of sp³-hybridized carbons (Fsp3) is 0.133. The number of fused-ring (bicyclic) bond motifs is 1. The Bertz CT molecular complexity index is 839. The Balaban J connectivity index is 2.09. The minimum atomic E-state index is -4.39. The van der Waals surface area contributed by atoms with Crippen LogP contribution in [0.1, 0.15) is 11.1 Å². The third kappa shape index (κ3) is 2.57. The van der Waals surface area contributed by atoms with Crippen LogP contribution >= 0.6 is 0 Å². The molecule has 3 rings (SSSR count). The number of rotatable bonds is 3. The van der Waals surface area contributed by atoms with Gasteiger partial charge in [0.05, 0.1) is 17.5 Å². The van der Waals surface area contributed by atoms with Crippen LogP contribution in [0.15, 0.2) is 54.0 Å². The van der Waals surface area contributed by atoms with Crippen molar-refractivity contribution in [1.82, 2.24) is 9.38 Å². The molecule has 1 aromatic carbocycles. The van der Waals surface area contributed by atoms with Crippen molar-refractivity contribution in [3.05, 3.63) is 64.8 Å². The van der Waals surface area contributed by atoms with Gasteiger partial charge in [0.25, 0.3) is 0 Å². The van der Waals surface area contributed by atoms with Gasteiger partial charge < -0.3 is 0 Å². The summed E-state index contributed by atoms with van der Waals surface area (Å²) in [6.07, 6.45) is -1.22. The van der Waals surface area contributed by atoms with Gasteiger partial charge >= 0.3 is 6.18 Å². The van der Waals surface area contributed by atoms with Crippen molar-refractivity contribution in [3.8, 4) is 11.3 Å². The van der Waals surface area contributed by atoms with Crippen molar-refractivity contribution in [2.45, 2.75) is 12.7 Å².